The monoisotopic (exact) mass is 410 g/mol. The molecule has 30 heavy (non-hydrogen) atoms. The number of piperidine rings is 1. The molecule has 0 aromatic carbocycles. The van der Waals surface area contributed by atoms with Crippen LogP contribution in [0.3, 0.4) is 0 Å². The summed E-state index contributed by atoms with van der Waals surface area (Å²) >= 11 is 0. The number of nitrogens with zero attached hydrogens (tertiary/aromatic N) is 5. The first-order valence-corrected chi connectivity index (χ1v) is 11.5. The molecule has 2 unspecified atom stereocenters. The maximum absolute atomic E-state index is 13.6. The number of rotatable bonds is 6. The van der Waals surface area contributed by atoms with Crippen molar-refractivity contribution >= 4 is 5.91 Å². The molecule has 0 spiro atoms. The lowest BCUT2D eigenvalue weighted by Crippen LogP contribution is -2.47. The third kappa shape index (κ3) is 4.89. The van der Waals surface area contributed by atoms with E-state index < -0.39 is 0 Å². The molecule has 7 heteroatoms. The van der Waals surface area contributed by atoms with Crippen molar-refractivity contribution in [1.29, 1.82) is 0 Å². The fourth-order valence-corrected chi connectivity index (χ4v) is 4.93. The van der Waals surface area contributed by atoms with E-state index in [1.807, 2.05) is 19.2 Å². The number of aromatic nitrogens is 4. The van der Waals surface area contributed by atoms with Crippen LogP contribution in [0.1, 0.15) is 75.7 Å². The molecule has 2 aromatic rings. The highest BCUT2D eigenvalue weighted by molar-refractivity contribution is 5.83. The number of amides is 1. The molecule has 1 saturated heterocycles. The average Bonchev–Trinajstić information content (AvgIpc) is 3.30. The maximum Gasteiger partial charge on any atom is 0.243 e. The zero-order valence-corrected chi connectivity index (χ0v) is 18.3. The minimum atomic E-state index is -0.375. The van der Waals surface area contributed by atoms with E-state index in [0.717, 1.165) is 37.3 Å². The second kappa shape index (κ2) is 9.69. The van der Waals surface area contributed by atoms with Crippen molar-refractivity contribution in [2.45, 2.75) is 77.3 Å². The van der Waals surface area contributed by atoms with E-state index in [1.165, 1.54) is 38.5 Å². The molecule has 1 aliphatic carbocycles. The molecule has 1 aliphatic heterocycles. The van der Waals surface area contributed by atoms with Gasteiger partial charge < -0.3 is 5.32 Å². The molecular formula is C23H34N6O. The van der Waals surface area contributed by atoms with Crippen LogP contribution >= 0.6 is 0 Å². The largest absolute Gasteiger partial charge is 0.352 e. The third-order valence-corrected chi connectivity index (χ3v) is 6.61. The second-order valence-corrected chi connectivity index (χ2v) is 8.90. The summed E-state index contributed by atoms with van der Waals surface area (Å²) in [7, 11) is 0. The van der Waals surface area contributed by atoms with Gasteiger partial charge in [-0.05, 0) is 64.6 Å². The zero-order valence-electron chi connectivity index (χ0n) is 18.3. The highest BCUT2D eigenvalue weighted by Crippen LogP contribution is 2.28. The summed E-state index contributed by atoms with van der Waals surface area (Å²) in [6, 6.07) is 1.78. The molecule has 1 saturated carbocycles. The van der Waals surface area contributed by atoms with Crippen LogP contribution in [0.4, 0.5) is 0 Å². The van der Waals surface area contributed by atoms with Crippen molar-refractivity contribution < 1.29 is 4.79 Å². The topological polar surface area (TPSA) is 75.9 Å². The smallest absolute Gasteiger partial charge is 0.243 e. The lowest BCUT2D eigenvalue weighted by Gasteiger charge is -2.35. The van der Waals surface area contributed by atoms with Crippen molar-refractivity contribution in [3.8, 4) is 5.95 Å². The van der Waals surface area contributed by atoms with Gasteiger partial charge in [-0.1, -0.05) is 25.7 Å². The zero-order chi connectivity index (χ0) is 20.9. The van der Waals surface area contributed by atoms with Crippen LogP contribution in [-0.4, -0.2) is 49.5 Å². The first-order chi connectivity index (χ1) is 14.6. The first-order valence-electron chi connectivity index (χ1n) is 11.5. The van der Waals surface area contributed by atoms with Crippen molar-refractivity contribution in [1.82, 2.24) is 29.7 Å². The predicted octanol–water partition coefficient (Wildman–Crippen LogP) is 3.58. The van der Waals surface area contributed by atoms with Gasteiger partial charge in [-0.2, -0.15) is 0 Å². The van der Waals surface area contributed by atoms with E-state index in [9.17, 15) is 4.79 Å². The van der Waals surface area contributed by atoms with Gasteiger partial charge in [0.2, 0.25) is 11.9 Å². The summed E-state index contributed by atoms with van der Waals surface area (Å²) in [5.41, 5.74) is 1.64. The van der Waals surface area contributed by atoms with Crippen LogP contribution in [-0.2, 0) is 4.79 Å². The number of imidazole rings is 1. The summed E-state index contributed by atoms with van der Waals surface area (Å²) in [6.07, 6.45) is 15.0. The van der Waals surface area contributed by atoms with Gasteiger partial charge in [-0.25, -0.2) is 15.0 Å². The van der Waals surface area contributed by atoms with Crippen LogP contribution < -0.4 is 5.32 Å². The lowest BCUT2D eigenvalue weighted by atomic mass is 9.84. The number of hydrogen-bond donors (Lipinski definition) is 1. The molecule has 162 valence electrons. The lowest BCUT2D eigenvalue weighted by molar-refractivity contribution is -0.128. The summed E-state index contributed by atoms with van der Waals surface area (Å²) < 4.78 is 1.80. The van der Waals surface area contributed by atoms with E-state index in [-0.39, 0.29) is 18.0 Å². The molecule has 3 heterocycles. The maximum atomic E-state index is 13.6. The summed E-state index contributed by atoms with van der Waals surface area (Å²) in [6.45, 7) is 5.99. The second-order valence-electron chi connectivity index (χ2n) is 8.90. The summed E-state index contributed by atoms with van der Waals surface area (Å²) in [5.74, 6) is 1.22. The Labute approximate surface area is 179 Å². The SMILES string of the molecule is Cc1cc(C(C(=O)NC(C)C2CCCCC2)N2CCCCC2)nc(-n2ccnc2)n1. The summed E-state index contributed by atoms with van der Waals surface area (Å²) in [4.78, 5) is 29.3. The van der Waals surface area contributed by atoms with E-state index >= 15 is 0 Å². The molecule has 7 nitrogen and oxygen atoms in total. The Hall–Kier alpha value is -2.28. The van der Waals surface area contributed by atoms with Crippen LogP contribution in [0.15, 0.2) is 24.8 Å². The first kappa shape index (κ1) is 21.0. The van der Waals surface area contributed by atoms with Gasteiger partial charge in [0.15, 0.2) is 0 Å². The fourth-order valence-electron chi connectivity index (χ4n) is 4.93. The molecule has 2 aliphatic rings. The minimum absolute atomic E-state index is 0.0738. The van der Waals surface area contributed by atoms with Crippen LogP contribution in [0.2, 0.25) is 0 Å². The Morgan fingerprint density at radius 2 is 1.83 bits per heavy atom. The predicted molar refractivity (Wildman–Crippen MR) is 116 cm³/mol. The van der Waals surface area contributed by atoms with Crippen molar-refractivity contribution in [3.63, 3.8) is 0 Å². The van der Waals surface area contributed by atoms with Crippen LogP contribution in [0, 0.1) is 12.8 Å². The van der Waals surface area contributed by atoms with Crippen molar-refractivity contribution in [3.05, 3.63) is 36.2 Å². The highest BCUT2D eigenvalue weighted by Gasteiger charge is 2.32. The quantitative estimate of drug-likeness (QED) is 0.788. The van der Waals surface area contributed by atoms with Gasteiger partial charge in [0.1, 0.15) is 12.4 Å². The molecule has 0 bridgehead atoms. The van der Waals surface area contributed by atoms with Gasteiger partial charge in [0.25, 0.3) is 0 Å². The van der Waals surface area contributed by atoms with Gasteiger partial charge in [-0.15, -0.1) is 0 Å². The molecule has 2 aromatic heterocycles. The number of nitrogens with one attached hydrogen (secondary N) is 1. The Morgan fingerprint density at radius 3 is 2.53 bits per heavy atom. The third-order valence-electron chi connectivity index (χ3n) is 6.61. The number of carbonyl (C=O) groups excluding carboxylic acids is 1. The van der Waals surface area contributed by atoms with Crippen LogP contribution in [0.5, 0.6) is 0 Å². The van der Waals surface area contributed by atoms with E-state index in [2.05, 4.69) is 27.1 Å². The molecule has 0 radical (unpaired) electrons. The number of likely N-dealkylation sites (tertiary alicyclic amines) is 1. The number of hydrogen-bond acceptors (Lipinski definition) is 5. The molecule has 1 N–H and O–H groups in total. The normalized spacial score (nSPS) is 20.6. The Balaban J connectivity index is 1.60. The Morgan fingerprint density at radius 1 is 1.10 bits per heavy atom. The van der Waals surface area contributed by atoms with E-state index in [4.69, 9.17) is 4.98 Å². The van der Waals surface area contributed by atoms with Gasteiger partial charge in [0, 0.05) is 24.1 Å². The summed E-state index contributed by atoms with van der Waals surface area (Å²) in [5, 5.41) is 3.36. The fraction of sp³-hybridized carbons (Fsp3) is 0.652. The molecule has 4 rings (SSSR count). The van der Waals surface area contributed by atoms with Gasteiger partial charge >= 0.3 is 0 Å². The van der Waals surface area contributed by atoms with Gasteiger partial charge in [-0.3, -0.25) is 14.3 Å². The Kier molecular flexibility index (Phi) is 6.77. The van der Waals surface area contributed by atoms with Crippen LogP contribution in [0.25, 0.3) is 5.95 Å². The number of aryl methyl sites for hydroxylation is 1. The minimum Gasteiger partial charge on any atom is -0.352 e. The standard InChI is InChI=1S/C23H34N6O/c1-17-15-20(27-23(25-17)29-14-11-24-16-29)21(28-12-7-4-8-13-28)22(30)26-18(2)19-9-5-3-6-10-19/h11,14-16,18-19,21H,3-10,12-13H2,1-2H3,(H,26,30). The van der Waals surface area contributed by atoms with Crippen molar-refractivity contribution in [2.75, 3.05) is 13.1 Å². The molecule has 2 atom stereocenters. The van der Waals surface area contributed by atoms with E-state index in [1.54, 1.807) is 17.1 Å². The Bertz CT molecular complexity index is 824. The van der Waals surface area contributed by atoms with Gasteiger partial charge in [0.05, 0.1) is 5.69 Å². The molecule has 2 fully saturated rings. The van der Waals surface area contributed by atoms with Crippen molar-refractivity contribution in [2.24, 2.45) is 5.92 Å². The molecular weight excluding hydrogens is 376 g/mol. The highest BCUT2D eigenvalue weighted by atomic mass is 16.2. The van der Waals surface area contributed by atoms with E-state index in [0.29, 0.717) is 11.9 Å². The average molecular weight is 411 g/mol. The molecule has 1 amide bonds. The number of carbonyl (C=O) groups is 1.